The summed E-state index contributed by atoms with van der Waals surface area (Å²) >= 11 is 9.25. The molecule has 0 atom stereocenters. The molecule has 0 aliphatic carbocycles. The van der Waals surface area contributed by atoms with Crippen LogP contribution >= 0.6 is 27.5 Å². The van der Waals surface area contributed by atoms with E-state index in [0.717, 1.165) is 10.0 Å². The van der Waals surface area contributed by atoms with Crippen LogP contribution in [0.25, 0.3) is 0 Å². The van der Waals surface area contributed by atoms with Crippen molar-refractivity contribution >= 4 is 39.1 Å². The van der Waals surface area contributed by atoms with E-state index in [-0.39, 0.29) is 5.91 Å². The van der Waals surface area contributed by atoms with Crippen LogP contribution in [-0.4, -0.2) is 15.7 Å². The van der Waals surface area contributed by atoms with Crippen LogP contribution in [0.3, 0.4) is 0 Å². The van der Waals surface area contributed by atoms with E-state index < -0.39 is 0 Å². The van der Waals surface area contributed by atoms with E-state index in [9.17, 15) is 4.79 Å². The third kappa shape index (κ3) is 4.00. The molecule has 1 heterocycles. The van der Waals surface area contributed by atoms with E-state index in [1.54, 1.807) is 23.1 Å². The number of carbonyl (C=O) groups excluding carboxylic acids is 1. The quantitative estimate of drug-likeness (QED) is 0.708. The van der Waals surface area contributed by atoms with Crippen LogP contribution in [0.4, 0.5) is 5.69 Å². The maximum atomic E-state index is 12.2. The van der Waals surface area contributed by atoms with Crippen LogP contribution < -0.4 is 5.32 Å². The molecule has 0 spiro atoms. The Labute approximate surface area is 147 Å². The van der Waals surface area contributed by atoms with E-state index in [1.165, 1.54) is 0 Å². The normalized spacial score (nSPS) is 10.5. The lowest BCUT2D eigenvalue weighted by Gasteiger charge is -2.04. The van der Waals surface area contributed by atoms with E-state index in [0.29, 0.717) is 22.8 Å². The van der Waals surface area contributed by atoms with Crippen molar-refractivity contribution in [3.05, 3.63) is 81.5 Å². The van der Waals surface area contributed by atoms with E-state index in [4.69, 9.17) is 11.6 Å². The second-order valence-corrected chi connectivity index (χ2v) is 6.28. The first-order valence-electron chi connectivity index (χ1n) is 6.94. The van der Waals surface area contributed by atoms with Gasteiger partial charge in [0.25, 0.3) is 5.91 Å². The number of aromatic nitrogens is 2. The molecule has 3 rings (SSSR count). The van der Waals surface area contributed by atoms with Crippen molar-refractivity contribution in [3.8, 4) is 0 Å². The van der Waals surface area contributed by atoms with Gasteiger partial charge >= 0.3 is 0 Å². The van der Waals surface area contributed by atoms with Crippen LogP contribution in [0.1, 0.15) is 15.9 Å². The smallest absolute Gasteiger partial charge is 0.256 e. The van der Waals surface area contributed by atoms with Crippen LogP contribution in [-0.2, 0) is 6.54 Å². The fourth-order valence-electron chi connectivity index (χ4n) is 2.14. The largest absolute Gasteiger partial charge is 0.319 e. The average Bonchev–Trinajstić information content (AvgIpc) is 2.97. The minimum Gasteiger partial charge on any atom is -0.319 e. The lowest BCUT2D eigenvalue weighted by atomic mass is 10.2. The van der Waals surface area contributed by atoms with Gasteiger partial charge in [0.05, 0.1) is 24.0 Å². The number of hydrogen-bond acceptors (Lipinski definition) is 2. The molecule has 0 saturated heterocycles. The predicted octanol–water partition coefficient (Wildman–Crippen LogP) is 4.60. The van der Waals surface area contributed by atoms with Gasteiger partial charge in [0.1, 0.15) is 0 Å². The van der Waals surface area contributed by atoms with Crippen molar-refractivity contribution in [2.75, 3.05) is 5.32 Å². The molecule has 1 aromatic heterocycles. The monoisotopic (exact) mass is 389 g/mol. The van der Waals surface area contributed by atoms with E-state index in [1.807, 2.05) is 42.5 Å². The number of carbonyl (C=O) groups is 1. The van der Waals surface area contributed by atoms with Gasteiger partial charge in [0.15, 0.2) is 0 Å². The van der Waals surface area contributed by atoms with E-state index in [2.05, 4.69) is 26.3 Å². The minimum absolute atomic E-state index is 0.177. The number of rotatable bonds is 4. The van der Waals surface area contributed by atoms with Gasteiger partial charge in [-0.1, -0.05) is 35.9 Å². The topological polar surface area (TPSA) is 46.9 Å². The highest BCUT2D eigenvalue weighted by atomic mass is 79.9. The summed E-state index contributed by atoms with van der Waals surface area (Å²) in [7, 11) is 0. The number of nitrogens with one attached hydrogen (secondary N) is 1. The molecule has 0 fully saturated rings. The summed E-state index contributed by atoms with van der Waals surface area (Å²) in [5.41, 5.74) is 2.32. The Morgan fingerprint density at radius 2 is 1.91 bits per heavy atom. The SMILES string of the molecule is O=C(Nc1cnn(Cc2ccc(Cl)cc2)c1)c1ccccc1Br. The van der Waals surface area contributed by atoms with Crippen molar-refractivity contribution in [1.82, 2.24) is 9.78 Å². The summed E-state index contributed by atoms with van der Waals surface area (Å²) < 4.78 is 2.52. The summed E-state index contributed by atoms with van der Waals surface area (Å²) in [5.74, 6) is -0.177. The second kappa shape index (κ2) is 6.98. The zero-order valence-electron chi connectivity index (χ0n) is 12.0. The fourth-order valence-corrected chi connectivity index (χ4v) is 2.73. The van der Waals surface area contributed by atoms with Gasteiger partial charge < -0.3 is 5.32 Å². The first-order chi connectivity index (χ1) is 11.1. The molecular formula is C17H13BrClN3O. The lowest BCUT2D eigenvalue weighted by molar-refractivity contribution is 0.102. The van der Waals surface area contributed by atoms with Crippen LogP contribution in [0.2, 0.25) is 5.02 Å². The third-order valence-electron chi connectivity index (χ3n) is 3.27. The Morgan fingerprint density at radius 3 is 2.65 bits per heavy atom. The summed E-state index contributed by atoms with van der Waals surface area (Å²) in [6, 6.07) is 14.9. The maximum Gasteiger partial charge on any atom is 0.256 e. The lowest BCUT2D eigenvalue weighted by Crippen LogP contribution is -2.12. The molecule has 3 aromatic rings. The zero-order valence-corrected chi connectivity index (χ0v) is 14.4. The number of hydrogen-bond donors (Lipinski definition) is 1. The Balaban J connectivity index is 1.69. The van der Waals surface area contributed by atoms with Gasteiger partial charge in [-0.25, -0.2) is 0 Å². The minimum atomic E-state index is -0.177. The molecule has 4 nitrogen and oxygen atoms in total. The highest BCUT2D eigenvalue weighted by Crippen LogP contribution is 2.18. The van der Waals surface area contributed by atoms with Gasteiger partial charge in [-0.2, -0.15) is 5.10 Å². The highest BCUT2D eigenvalue weighted by Gasteiger charge is 2.10. The molecule has 0 unspecified atom stereocenters. The predicted molar refractivity (Wildman–Crippen MR) is 94.9 cm³/mol. The van der Waals surface area contributed by atoms with Gasteiger partial charge in [-0.05, 0) is 45.8 Å². The molecule has 1 N–H and O–H groups in total. The Kier molecular flexibility index (Phi) is 4.79. The van der Waals surface area contributed by atoms with Crippen molar-refractivity contribution in [2.45, 2.75) is 6.54 Å². The van der Waals surface area contributed by atoms with Crippen molar-refractivity contribution < 1.29 is 4.79 Å². The highest BCUT2D eigenvalue weighted by molar-refractivity contribution is 9.10. The first-order valence-corrected chi connectivity index (χ1v) is 8.12. The summed E-state index contributed by atoms with van der Waals surface area (Å²) in [6.45, 7) is 0.613. The third-order valence-corrected chi connectivity index (χ3v) is 4.21. The number of halogens is 2. The van der Waals surface area contributed by atoms with Crippen LogP contribution in [0, 0.1) is 0 Å². The second-order valence-electron chi connectivity index (χ2n) is 4.99. The van der Waals surface area contributed by atoms with Crippen molar-refractivity contribution in [3.63, 3.8) is 0 Å². The molecule has 0 aliphatic heterocycles. The molecule has 0 bridgehead atoms. The number of benzene rings is 2. The van der Waals surface area contributed by atoms with Crippen molar-refractivity contribution in [2.24, 2.45) is 0 Å². The molecule has 6 heteroatoms. The maximum absolute atomic E-state index is 12.2. The first kappa shape index (κ1) is 15.8. The van der Waals surface area contributed by atoms with Gasteiger partial charge in [-0.15, -0.1) is 0 Å². The molecular weight excluding hydrogens is 378 g/mol. The average molecular weight is 391 g/mol. The van der Waals surface area contributed by atoms with Crippen LogP contribution in [0.5, 0.6) is 0 Å². The molecule has 1 amide bonds. The van der Waals surface area contributed by atoms with Crippen molar-refractivity contribution in [1.29, 1.82) is 0 Å². The molecule has 0 saturated carbocycles. The van der Waals surface area contributed by atoms with E-state index >= 15 is 0 Å². The zero-order chi connectivity index (χ0) is 16.2. The Morgan fingerprint density at radius 1 is 1.17 bits per heavy atom. The summed E-state index contributed by atoms with van der Waals surface area (Å²) in [4.78, 5) is 12.2. The number of anilines is 1. The molecule has 0 radical (unpaired) electrons. The Hall–Kier alpha value is -2.11. The summed E-state index contributed by atoms with van der Waals surface area (Å²) in [5, 5.41) is 7.81. The molecule has 23 heavy (non-hydrogen) atoms. The number of nitrogens with zero attached hydrogens (tertiary/aromatic N) is 2. The fraction of sp³-hybridized carbons (Fsp3) is 0.0588. The summed E-state index contributed by atoms with van der Waals surface area (Å²) in [6.07, 6.45) is 3.42. The number of amides is 1. The molecule has 116 valence electrons. The van der Waals surface area contributed by atoms with Gasteiger partial charge in [-0.3, -0.25) is 9.48 Å². The molecule has 0 aliphatic rings. The van der Waals surface area contributed by atoms with Gasteiger partial charge in [0.2, 0.25) is 0 Å². The Bertz CT molecular complexity index is 830. The van der Waals surface area contributed by atoms with Crippen LogP contribution in [0.15, 0.2) is 65.4 Å². The molecule has 2 aromatic carbocycles. The standard InChI is InChI=1S/C17H13BrClN3O/c18-16-4-2-1-3-15(16)17(23)21-14-9-20-22(11-14)10-12-5-7-13(19)8-6-12/h1-9,11H,10H2,(H,21,23). The van der Waals surface area contributed by atoms with Gasteiger partial charge in [0, 0.05) is 15.7 Å².